The first-order valence-electron chi connectivity index (χ1n) is 8.20. The number of hydrogen-bond donors (Lipinski definition) is 1. The fraction of sp³-hybridized carbons (Fsp3) is 0.278. The summed E-state index contributed by atoms with van der Waals surface area (Å²) in [6.07, 6.45) is 0.759. The van der Waals surface area contributed by atoms with Gasteiger partial charge in [-0.1, -0.05) is 35.3 Å². The summed E-state index contributed by atoms with van der Waals surface area (Å²) < 4.78 is 31.1. The van der Waals surface area contributed by atoms with Crippen LogP contribution in [0.3, 0.4) is 0 Å². The molecule has 0 bridgehead atoms. The monoisotopic (exact) mass is 428 g/mol. The highest BCUT2D eigenvalue weighted by molar-refractivity contribution is 7.92. The van der Waals surface area contributed by atoms with Crippen molar-refractivity contribution in [2.45, 2.75) is 12.5 Å². The smallest absolute Gasteiger partial charge is 0.263 e. The summed E-state index contributed by atoms with van der Waals surface area (Å²) in [5.41, 5.74) is 1.36. The van der Waals surface area contributed by atoms with Gasteiger partial charge in [0.15, 0.2) is 6.10 Å². The van der Waals surface area contributed by atoms with E-state index < -0.39 is 16.1 Å². The van der Waals surface area contributed by atoms with E-state index in [1.807, 2.05) is 12.1 Å². The van der Waals surface area contributed by atoms with Crippen molar-refractivity contribution in [2.24, 2.45) is 0 Å². The molecule has 1 atom stereocenters. The van der Waals surface area contributed by atoms with Crippen molar-refractivity contribution in [3.05, 3.63) is 58.1 Å². The van der Waals surface area contributed by atoms with Gasteiger partial charge in [0.1, 0.15) is 5.75 Å². The zero-order chi connectivity index (χ0) is 19.6. The van der Waals surface area contributed by atoms with E-state index in [-0.39, 0.29) is 12.5 Å². The first-order chi connectivity index (χ1) is 12.7. The molecule has 3 rings (SSSR count). The number of ether oxygens (including phenoxy) is 1. The van der Waals surface area contributed by atoms with E-state index in [0.29, 0.717) is 34.4 Å². The van der Waals surface area contributed by atoms with Crippen molar-refractivity contribution in [2.75, 3.05) is 23.7 Å². The van der Waals surface area contributed by atoms with Crippen molar-refractivity contribution in [3.63, 3.8) is 0 Å². The number of nitrogens with zero attached hydrogens (tertiary/aromatic N) is 1. The van der Waals surface area contributed by atoms with E-state index in [4.69, 9.17) is 27.9 Å². The van der Waals surface area contributed by atoms with E-state index in [0.717, 1.165) is 16.1 Å². The molecule has 1 aliphatic rings. The summed E-state index contributed by atoms with van der Waals surface area (Å²) in [7, 11) is -3.59. The largest absolute Gasteiger partial charge is 0.476 e. The first-order valence-corrected chi connectivity index (χ1v) is 10.8. The minimum atomic E-state index is -3.59. The minimum absolute atomic E-state index is 0.112. The Morgan fingerprint density at radius 1 is 1.19 bits per heavy atom. The Kier molecular flexibility index (Phi) is 5.83. The molecule has 0 saturated heterocycles. The molecule has 2 aromatic carbocycles. The van der Waals surface area contributed by atoms with E-state index >= 15 is 0 Å². The Morgan fingerprint density at radius 2 is 1.85 bits per heavy atom. The average molecular weight is 429 g/mol. The number of hydrogen-bond acceptors (Lipinski definition) is 4. The third kappa shape index (κ3) is 4.86. The number of halogens is 2. The van der Waals surface area contributed by atoms with Gasteiger partial charge in [0.05, 0.1) is 18.5 Å². The number of carbonyl (C=O) groups excluding carboxylic acids is 1. The standard InChI is InChI=1S/C18H18Cl2N2O4S/c1-27(24,25)22-11-17(26-16-7-6-14(20)10-15(16)22)18(23)21-9-8-12-2-4-13(19)5-3-12/h2-7,10,17H,8-9,11H2,1H3,(H,21,23)/t17-/m0/s1. The van der Waals surface area contributed by atoms with Gasteiger partial charge in [-0.3, -0.25) is 9.10 Å². The van der Waals surface area contributed by atoms with Crippen LogP contribution < -0.4 is 14.4 Å². The van der Waals surface area contributed by atoms with Crippen LogP contribution >= 0.6 is 23.2 Å². The molecule has 0 saturated carbocycles. The maximum Gasteiger partial charge on any atom is 0.263 e. The summed E-state index contributed by atoms with van der Waals surface area (Å²) in [6, 6.07) is 12.0. The molecule has 1 N–H and O–H groups in total. The van der Waals surface area contributed by atoms with Gasteiger partial charge >= 0.3 is 0 Å². The number of fused-ring (bicyclic) bond motifs is 1. The number of benzene rings is 2. The summed E-state index contributed by atoms with van der Waals surface area (Å²) in [6.45, 7) is 0.283. The Hall–Kier alpha value is -1.96. The summed E-state index contributed by atoms with van der Waals surface area (Å²) >= 11 is 11.8. The molecule has 0 fully saturated rings. The van der Waals surface area contributed by atoms with Crippen LogP contribution in [0.15, 0.2) is 42.5 Å². The van der Waals surface area contributed by atoms with E-state index in [2.05, 4.69) is 5.32 Å². The number of carbonyl (C=O) groups is 1. The molecule has 9 heteroatoms. The van der Waals surface area contributed by atoms with Crippen molar-refractivity contribution in [1.82, 2.24) is 5.32 Å². The van der Waals surface area contributed by atoms with Gasteiger partial charge in [-0.05, 0) is 42.3 Å². The van der Waals surface area contributed by atoms with E-state index in [1.54, 1.807) is 24.3 Å². The minimum Gasteiger partial charge on any atom is -0.476 e. The molecule has 0 radical (unpaired) electrons. The molecular weight excluding hydrogens is 411 g/mol. The fourth-order valence-electron chi connectivity index (χ4n) is 2.77. The van der Waals surface area contributed by atoms with E-state index in [9.17, 15) is 13.2 Å². The Balaban J connectivity index is 1.68. The number of anilines is 1. The molecule has 0 aromatic heterocycles. The second-order valence-electron chi connectivity index (χ2n) is 6.18. The summed E-state index contributed by atoms with van der Waals surface area (Å²) in [4.78, 5) is 12.5. The van der Waals surface area contributed by atoms with Crippen LogP contribution in [-0.2, 0) is 21.2 Å². The van der Waals surface area contributed by atoms with Crippen LogP contribution in [0.5, 0.6) is 5.75 Å². The molecule has 6 nitrogen and oxygen atoms in total. The number of amides is 1. The average Bonchev–Trinajstić information content (AvgIpc) is 2.61. The molecule has 27 heavy (non-hydrogen) atoms. The maximum absolute atomic E-state index is 12.5. The van der Waals surface area contributed by atoms with Gasteiger partial charge in [0, 0.05) is 16.6 Å². The van der Waals surface area contributed by atoms with Gasteiger partial charge in [-0.25, -0.2) is 8.42 Å². The third-order valence-electron chi connectivity index (χ3n) is 4.11. The molecule has 0 unspecified atom stereocenters. The topological polar surface area (TPSA) is 75.7 Å². The number of rotatable bonds is 5. The summed E-state index contributed by atoms with van der Waals surface area (Å²) in [5.74, 6) is -0.0767. The molecular formula is C18H18Cl2N2O4S. The van der Waals surface area contributed by atoms with Crippen LogP contribution in [0.2, 0.25) is 10.0 Å². The van der Waals surface area contributed by atoms with Gasteiger partial charge in [-0.2, -0.15) is 0 Å². The Bertz CT molecular complexity index is 948. The summed E-state index contributed by atoms with van der Waals surface area (Å²) in [5, 5.41) is 3.82. The van der Waals surface area contributed by atoms with Crippen molar-refractivity contribution < 1.29 is 17.9 Å². The quantitative estimate of drug-likeness (QED) is 0.793. The van der Waals surface area contributed by atoms with Gasteiger partial charge < -0.3 is 10.1 Å². The SMILES string of the molecule is CS(=O)(=O)N1C[C@@H](C(=O)NCCc2ccc(Cl)cc2)Oc2ccc(Cl)cc21. The zero-order valence-electron chi connectivity index (χ0n) is 14.5. The highest BCUT2D eigenvalue weighted by Crippen LogP contribution is 2.37. The predicted octanol–water partition coefficient (Wildman–Crippen LogP) is 2.88. The van der Waals surface area contributed by atoms with Crippen molar-refractivity contribution in [1.29, 1.82) is 0 Å². The zero-order valence-corrected chi connectivity index (χ0v) is 16.8. The van der Waals surface area contributed by atoms with Gasteiger partial charge in [0.2, 0.25) is 10.0 Å². The van der Waals surface area contributed by atoms with E-state index in [1.165, 1.54) is 6.07 Å². The maximum atomic E-state index is 12.5. The number of nitrogens with one attached hydrogen (secondary N) is 1. The first kappa shape index (κ1) is 19.8. The lowest BCUT2D eigenvalue weighted by molar-refractivity contribution is -0.127. The highest BCUT2D eigenvalue weighted by atomic mass is 35.5. The van der Waals surface area contributed by atoms with Gasteiger partial charge in [-0.15, -0.1) is 0 Å². The van der Waals surface area contributed by atoms with Crippen LogP contribution in [0.4, 0.5) is 5.69 Å². The van der Waals surface area contributed by atoms with Crippen molar-refractivity contribution >= 4 is 44.8 Å². The molecule has 0 aliphatic carbocycles. The number of sulfonamides is 1. The normalized spacial score (nSPS) is 16.4. The van der Waals surface area contributed by atoms with Crippen LogP contribution in [0.25, 0.3) is 0 Å². The molecule has 1 amide bonds. The van der Waals surface area contributed by atoms with Crippen molar-refractivity contribution in [3.8, 4) is 5.75 Å². The lowest BCUT2D eigenvalue weighted by Crippen LogP contribution is -2.50. The predicted molar refractivity (Wildman–Crippen MR) is 106 cm³/mol. The molecule has 0 spiro atoms. The third-order valence-corrected chi connectivity index (χ3v) is 5.74. The Morgan fingerprint density at radius 3 is 2.52 bits per heavy atom. The molecule has 2 aromatic rings. The fourth-order valence-corrected chi connectivity index (χ4v) is 3.97. The second-order valence-corrected chi connectivity index (χ2v) is 8.96. The Labute approximate surface area is 168 Å². The second kappa shape index (κ2) is 7.96. The lowest BCUT2D eigenvalue weighted by atomic mass is 10.1. The van der Waals surface area contributed by atoms with Gasteiger partial charge in [0.25, 0.3) is 5.91 Å². The molecule has 1 heterocycles. The lowest BCUT2D eigenvalue weighted by Gasteiger charge is -2.34. The van der Waals surface area contributed by atoms with Crippen LogP contribution in [-0.4, -0.2) is 39.8 Å². The molecule has 144 valence electrons. The molecule has 1 aliphatic heterocycles. The highest BCUT2D eigenvalue weighted by Gasteiger charge is 2.35. The van der Waals surface area contributed by atoms with Crippen LogP contribution in [0.1, 0.15) is 5.56 Å². The van der Waals surface area contributed by atoms with Crippen LogP contribution in [0, 0.1) is 0 Å².